The van der Waals surface area contributed by atoms with Crippen molar-refractivity contribution in [3.63, 3.8) is 0 Å². The molecular weight excluding hydrogens is 488 g/mol. The van der Waals surface area contributed by atoms with E-state index in [1.165, 1.54) is 14.2 Å². The number of ether oxygens (including phenoxy) is 4. The first kappa shape index (κ1) is 28.4. The predicted octanol–water partition coefficient (Wildman–Crippen LogP) is 4.44. The van der Waals surface area contributed by atoms with Crippen molar-refractivity contribution in [2.45, 2.75) is 32.9 Å². The van der Waals surface area contributed by atoms with Crippen molar-refractivity contribution in [1.82, 2.24) is 9.80 Å². The van der Waals surface area contributed by atoms with Gasteiger partial charge in [0.1, 0.15) is 23.8 Å². The molecule has 0 N–H and O–H groups in total. The summed E-state index contributed by atoms with van der Waals surface area (Å²) in [6.07, 6.45) is 2.15. The van der Waals surface area contributed by atoms with Crippen LogP contribution in [0.15, 0.2) is 59.2 Å². The highest BCUT2D eigenvalue weighted by atomic mass is 16.5. The lowest BCUT2D eigenvalue weighted by atomic mass is 10.1. The van der Waals surface area contributed by atoms with Crippen LogP contribution < -0.4 is 18.9 Å². The number of hydrogen-bond donors (Lipinski definition) is 0. The van der Waals surface area contributed by atoms with Crippen LogP contribution in [0.1, 0.15) is 35.5 Å². The van der Waals surface area contributed by atoms with Gasteiger partial charge in [-0.15, -0.1) is 0 Å². The van der Waals surface area contributed by atoms with Gasteiger partial charge in [0.05, 0.1) is 41.2 Å². The quantitative estimate of drug-likeness (QED) is 0.327. The first-order chi connectivity index (χ1) is 18.3. The molecular formula is C29H36N2O7. The average Bonchev–Trinajstić information content (AvgIpc) is 3.45. The fourth-order valence-electron chi connectivity index (χ4n) is 4.01. The van der Waals surface area contributed by atoms with E-state index in [0.29, 0.717) is 47.3 Å². The monoisotopic (exact) mass is 524 g/mol. The molecule has 0 atom stereocenters. The molecule has 204 valence electrons. The van der Waals surface area contributed by atoms with E-state index in [9.17, 15) is 9.59 Å². The Labute approximate surface area is 223 Å². The van der Waals surface area contributed by atoms with Gasteiger partial charge >= 0.3 is 0 Å². The fraction of sp³-hybridized carbons (Fsp3) is 0.379. The van der Waals surface area contributed by atoms with Crippen molar-refractivity contribution in [3.8, 4) is 23.0 Å². The maximum Gasteiger partial charge on any atom is 0.254 e. The highest BCUT2D eigenvalue weighted by molar-refractivity contribution is 5.97. The van der Waals surface area contributed by atoms with E-state index in [0.717, 1.165) is 5.56 Å². The van der Waals surface area contributed by atoms with E-state index in [1.54, 1.807) is 54.5 Å². The number of furan rings is 1. The summed E-state index contributed by atoms with van der Waals surface area (Å²) in [4.78, 5) is 30.4. The van der Waals surface area contributed by atoms with Crippen LogP contribution in [0.5, 0.6) is 23.0 Å². The minimum absolute atomic E-state index is 0.0946. The van der Waals surface area contributed by atoms with Crippen molar-refractivity contribution in [2.75, 3.05) is 41.5 Å². The van der Waals surface area contributed by atoms with E-state index < -0.39 is 0 Å². The number of carbonyl (C=O) groups excluding carboxylic acids is 2. The molecule has 0 fully saturated rings. The molecule has 3 aromatic rings. The van der Waals surface area contributed by atoms with Crippen LogP contribution in [0.25, 0.3) is 0 Å². The molecule has 0 spiro atoms. The highest BCUT2D eigenvalue weighted by Crippen LogP contribution is 2.28. The van der Waals surface area contributed by atoms with Gasteiger partial charge in [-0.1, -0.05) is 6.07 Å². The summed E-state index contributed by atoms with van der Waals surface area (Å²) in [6, 6.07) is 14.0. The summed E-state index contributed by atoms with van der Waals surface area (Å²) in [5.74, 6) is 2.43. The molecule has 1 heterocycles. The summed E-state index contributed by atoms with van der Waals surface area (Å²) in [6.45, 7) is 4.36. The van der Waals surface area contributed by atoms with Gasteiger partial charge in [0.25, 0.3) is 5.91 Å². The topological polar surface area (TPSA) is 90.7 Å². The SMILES string of the molecule is COc1cc(OC)cc(C(=O)N(CC(=O)N(CCc2ccc(OC)c(OC)c2)Cc2ccco2)C(C)C)c1. The van der Waals surface area contributed by atoms with E-state index in [1.807, 2.05) is 38.1 Å². The largest absolute Gasteiger partial charge is 0.497 e. The van der Waals surface area contributed by atoms with Gasteiger partial charge < -0.3 is 33.2 Å². The molecule has 0 aliphatic rings. The fourth-order valence-corrected chi connectivity index (χ4v) is 4.01. The maximum atomic E-state index is 13.6. The van der Waals surface area contributed by atoms with Crippen LogP contribution in [0.3, 0.4) is 0 Å². The van der Waals surface area contributed by atoms with Crippen molar-refractivity contribution in [1.29, 1.82) is 0 Å². The summed E-state index contributed by atoms with van der Waals surface area (Å²) in [7, 11) is 6.23. The first-order valence-corrected chi connectivity index (χ1v) is 12.3. The van der Waals surface area contributed by atoms with Crippen molar-refractivity contribution in [2.24, 2.45) is 0 Å². The Kier molecular flexibility index (Phi) is 10.0. The van der Waals surface area contributed by atoms with Crippen molar-refractivity contribution < 1.29 is 33.0 Å². The van der Waals surface area contributed by atoms with E-state index in [-0.39, 0.29) is 30.9 Å². The molecule has 1 aromatic heterocycles. The zero-order valence-electron chi connectivity index (χ0n) is 22.9. The Morgan fingerprint density at radius 1 is 0.868 bits per heavy atom. The van der Waals surface area contributed by atoms with Crippen molar-refractivity contribution >= 4 is 11.8 Å². The summed E-state index contributed by atoms with van der Waals surface area (Å²) in [5.41, 5.74) is 1.37. The van der Waals surface area contributed by atoms with Gasteiger partial charge in [0.15, 0.2) is 11.5 Å². The number of benzene rings is 2. The van der Waals surface area contributed by atoms with Crippen LogP contribution in [0, 0.1) is 0 Å². The molecule has 9 nitrogen and oxygen atoms in total. The van der Waals surface area contributed by atoms with E-state index >= 15 is 0 Å². The minimum atomic E-state index is -0.289. The number of amides is 2. The summed E-state index contributed by atoms with van der Waals surface area (Å²) in [5, 5.41) is 0. The lowest BCUT2D eigenvalue weighted by Gasteiger charge is -2.30. The molecule has 0 bridgehead atoms. The predicted molar refractivity (Wildman–Crippen MR) is 143 cm³/mol. The standard InChI is InChI=1S/C29H36N2O7/c1-20(2)31(29(33)22-15-24(34-3)17-25(16-22)35-4)19-28(32)30(18-23-8-7-13-38-23)12-11-21-9-10-26(36-5)27(14-21)37-6/h7-10,13-17,20H,11-12,18-19H2,1-6H3. The van der Waals surface area contributed by atoms with Crippen LogP contribution in [0.2, 0.25) is 0 Å². The molecule has 9 heteroatoms. The Hall–Kier alpha value is -4.14. The van der Waals surface area contributed by atoms with Gasteiger partial charge in [-0.05, 0) is 62.2 Å². The number of rotatable bonds is 13. The number of nitrogens with zero attached hydrogens (tertiary/aromatic N) is 2. The normalized spacial score (nSPS) is 10.7. The molecule has 0 unspecified atom stereocenters. The third-order valence-electron chi connectivity index (χ3n) is 6.19. The molecule has 2 amide bonds. The summed E-state index contributed by atoms with van der Waals surface area (Å²) >= 11 is 0. The van der Waals surface area contributed by atoms with Gasteiger partial charge in [-0.2, -0.15) is 0 Å². The van der Waals surface area contributed by atoms with Crippen LogP contribution in [-0.2, 0) is 17.8 Å². The van der Waals surface area contributed by atoms with Crippen LogP contribution in [-0.4, -0.2) is 69.2 Å². The van der Waals surface area contributed by atoms with Gasteiger partial charge in [0.2, 0.25) is 5.91 Å². The molecule has 0 saturated carbocycles. The second kappa shape index (κ2) is 13.4. The lowest BCUT2D eigenvalue weighted by Crippen LogP contribution is -2.46. The highest BCUT2D eigenvalue weighted by Gasteiger charge is 2.26. The third kappa shape index (κ3) is 7.21. The number of methoxy groups -OCH3 is 4. The van der Waals surface area contributed by atoms with E-state index in [4.69, 9.17) is 23.4 Å². The van der Waals surface area contributed by atoms with Crippen LogP contribution >= 0.6 is 0 Å². The minimum Gasteiger partial charge on any atom is -0.497 e. The Morgan fingerprint density at radius 3 is 2.11 bits per heavy atom. The lowest BCUT2D eigenvalue weighted by molar-refractivity contribution is -0.133. The molecule has 2 aromatic carbocycles. The Bertz CT molecular complexity index is 1190. The second-order valence-corrected chi connectivity index (χ2v) is 8.96. The third-order valence-corrected chi connectivity index (χ3v) is 6.19. The molecule has 0 saturated heterocycles. The molecule has 0 aliphatic heterocycles. The van der Waals surface area contributed by atoms with E-state index in [2.05, 4.69) is 0 Å². The number of hydrogen-bond acceptors (Lipinski definition) is 7. The number of carbonyl (C=O) groups is 2. The average molecular weight is 525 g/mol. The molecule has 3 rings (SSSR count). The van der Waals surface area contributed by atoms with Gasteiger partial charge in [-0.25, -0.2) is 0 Å². The second-order valence-electron chi connectivity index (χ2n) is 8.96. The first-order valence-electron chi connectivity index (χ1n) is 12.3. The molecule has 0 radical (unpaired) electrons. The Morgan fingerprint density at radius 2 is 1.55 bits per heavy atom. The van der Waals surface area contributed by atoms with Crippen LogP contribution in [0.4, 0.5) is 0 Å². The molecule has 38 heavy (non-hydrogen) atoms. The Balaban J connectivity index is 1.81. The van der Waals surface area contributed by atoms with Crippen molar-refractivity contribution in [3.05, 3.63) is 71.7 Å². The smallest absolute Gasteiger partial charge is 0.254 e. The van der Waals surface area contributed by atoms with Gasteiger partial charge in [-0.3, -0.25) is 9.59 Å². The zero-order valence-corrected chi connectivity index (χ0v) is 22.9. The van der Waals surface area contributed by atoms with Gasteiger partial charge in [0, 0.05) is 24.2 Å². The molecule has 0 aliphatic carbocycles. The zero-order chi connectivity index (χ0) is 27.7. The maximum absolute atomic E-state index is 13.6. The summed E-state index contributed by atoms with van der Waals surface area (Å²) < 4.78 is 26.9.